The fourth-order valence-electron chi connectivity index (χ4n) is 4.40. The Morgan fingerprint density at radius 2 is 1.77 bits per heavy atom. The van der Waals surface area contributed by atoms with Crippen molar-refractivity contribution in [1.29, 1.82) is 0 Å². The summed E-state index contributed by atoms with van der Waals surface area (Å²) in [5.41, 5.74) is 9.83. The molecule has 1 saturated carbocycles. The van der Waals surface area contributed by atoms with E-state index >= 15 is 0 Å². The zero-order valence-corrected chi connectivity index (χ0v) is 17.4. The number of nitrogens with one attached hydrogen (secondary N) is 1. The molecule has 0 aliphatic heterocycles. The summed E-state index contributed by atoms with van der Waals surface area (Å²) in [7, 11) is 0. The van der Waals surface area contributed by atoms with Gasteiger partial charge in [-0.1, -0.05) is 19.3 Å². The molecule has 0 spiro atoms. The van der Waals surface area contributed by atoms with Gasteiger partial charge in [0.05, 0.1) is 11.3 Å². The summed E-state index contributed by atoms with van der Waals surface area (Å²) < 4.78 is 3.91. The van der Waals surface area contributed by atoms with Crippen molar-refractivity contribution in [2.45, 2.75) is 52.0 Å². The number of hydrogen-bond acceptors (Lipinski definition) is 3. The van der Waals surface area contributed by atoms with Crippen molar-refractivity contribution in [1.82, 2.24) is 14.3 Å². The molecular weight excluding hydrogens is 378 g/mol. The number of aryl methyl sites for hydroxylation is 1. The van der Waals surface area contributed by atoms with Crippen molar-refractivity contribution in [2.75, 3.05) is 5.32 Å². The van der Waals surface area contributed by atoms with Crippen LogP contribution in [0, 0.1) is 13.8 Å². The summed E-state index contributed by atoms with van der Waals surface area (Å²) in [5.74, 6) is -0.670. The monoisotopic (exact) mass is 405 g/mol. The highest BCUT2D eigenvalue weighted by atomic mass is 16.2. The molecule has 1 fully saturated rings. The summed E-state index contributed by atoms with van der Waals surface area (Å²) in [6.07, 6.45) is 7.86. The van der Waals surface area contributed by atoms with E-state index in [0.717, 1.165) is 22.6 Å². The molecule has 4 rings (SSSR count). The van der Waals surface area contributed by atoms with Gasteiger partial charge >= 0.3 is 0 Å². The quantitative estimate of drug-likeness (QED) is 0.668. The lowest BCUT2D eigenvalue weighted by Gasteiger charge is -2.26. The van der Waals surface area contributed by atoms with E-state index in [1.807, 2.05) is 37.3 Å². The molecule has 0 radical (unpaired) electrons. The van der Waals surface area contributed by atoms with Crippen LogP contribution in [-0.4, -0.2) is 26.2 Å². The van der Waals surface area contributed by atoms with Crippen LogP contribution in [0.2, 0.25) is 0 Å². The number of carbonyl (C=O) groups is 2. The molecular formula is C23H27N5O2. The minimum Gasteiger partial charge on any atom is -0.364 e. The second kappa shape index (κ2) is 8.18. The van der Waals surface area contributed by atoms with Crippen LogP contribution in [0.4, 0.5) is 5.69 Å². The van der Waals surface area contributed by atoms with Crippen LogP contribution in [0.15, 0.2) is 42.6 Å². The van der Waals surface area contributed by atoms with Crippen LogP contribution < -0.4 is 11.1 Å². The second-order valence-electron chi connectivity index (χ2n) is 7.96. The van der Waals surface area contributed by atoms with E-state index in [-0.39, 0.29) is 11.6 Å². The first-order chi connectivity index (χ1) is 14.4. The van der Waals surface area contributed by atoms with E-state index < -0.39 is 5.91 Å². The predicted molar refractivity (Wildman–Crippen MR) is 116 cm³/mol. The zero-order valence-electron chi connectivity index (χ0n) is 17.4. The molecule has 3 aromatic rings. The van der Waals surface area contributed by atoms with Crippen molar-refractivity contribution < 1.29 is 9.59 Å². The first-order valence-electron chi connectivity index (χ1n) is 10.4. The first kappa shape index (κ1) is 19.9. The van der Waals surface area contributed by atoms with Gasteiger partial charge in [-0.05, 0) is 63.1 Å². The molecule has 1 aliphatic carbocycles. The van der Waals surface area contributed by atoms with Gasteiger partial charge in [0.15, 0.2) is 0 Å². The maximum absolute atomic E-state index is 12.9. The van der Waals surface area contributed by atoms with E-state index in [1.165, 1.54) is 32.1 Å². The van der Waals surface area contributed by atoms with Gasteiger partial charge in [-0.3, -0.25) is 9.59 Å². The highest BCUT2D eigenvalue weighted by Crippen LogP contribution is 2.32. The number of anilines is 1. The van der Waals surface area contributed by atoms with E-state index in [0.29, 0.717) is 11.7 Å². The minimum absolute atomic E-state index is 0.104. The van der Waals surface area contributed by atoms with Crippen molar-refractivity contribution in [3.05, 3.63) is 65.2 Å². The number of primary amides is 1. The Labute approximate surface area is 175 Å². The summed E-state index contributed by atoms with van der Waals surface area (Å²) >= 11 is 0. The van der Waals surface area contributed by atoms with Gasteiger partial charge in [-0.2, -0.15) is 5.10 Å². The van der Waals surface area contributed by atoms with Crippen LogP contribution in [-0.2, 0) is 0 Å². The molecule has 1 aliphatic rings. The van der Waals surface area contributed by atoms with Gasteiger partial charge in [0.2, 0.25) is 0 Å². The van der Waals surface area contributed by atoms with Crippen LogP contribution in [0.3, 0.4) is 0 Å². The van der Waals surface area contributed by atoms with Crippen LogP contribution in [0.25, 0.3) is 5.69 Å². The van der Waals surface area contributed by atoms with Crippen LogP contribution in [0.5, 0.6) is 0 Å². The van der Waals surface area contributed by atoms with E-state index in [4.69, 9.17) is 5.73 Å². The van der Waals surface area contributed by atoms with Crippen molar-refractivity contribution >= 4 is 17.5 Å². The maximum Gasteiger partial charge on any atom is 0.269 e. The normalized spacial score (nSPS) is 14.6. The van der Waals surface area contributed by atoms with Gasteiger partial charge in [0.1, 0.15) is 5.69 Å². The molecule has 0 unspecified atom stereocenters. The Kier molecular flexibility index (Phi) is 5.44. The molecule has 0 bridgehead atoms. The van der Waals surface area contributed by atoms with Gasteiger partial charge in [0.25, 0.3) is 11.8 Å². The Bertz CT molecular complexity index is 1070. The van der Waals surface area contributed by atoms with E-state index in [1.54, 1.807) is 16.9 Å². The SMILES string of the molecule is Cc1cc(C(=O)Nc2ccc(-n3ccc(C(N)=O)n3)cc2)c(C)n1C1CCCCC1. The smallest absolute Gasteiger partial charge is 0.269 e. The Morgan fingerprint density at radius 3 is 2.40 bits per heavy atom. The summed E-state index contributed by atoms with van der Waals surface area (Å²) in [4.78, 5) is 24.1. The fraction of sp³-hybridized carbons (Fsp3) is 0.348. The standard InChI is InChI=1S/C23H27N5O2/c1-15-14-20(16(2)28(15)19-6-4-3-5-7-19)23(30)25-17-8-10-18(11-9-17)27-13-12-21(26-27)22(24)29/h8-14,19H,3-7H2,1-2H3,(H2,24,29)(H,25,30). The van der Waals surface area contributed by atoms with Crippen molar-refractivity contribution in [3.8, 4) is 5.69 Å². The lowest BCUT2D eigenvalue weighted by atomic mass is 9.95. The molecule has 0 saturated heterocycles. The molecule has 7 heteroatoms. The summed E-state index contributed by atoms with van der Waals surface area (Å²) in [6.45, 7) is 4.12. The third-order valence-electron chi connectivity index (χ3n) is 5.90. The molecule has 156 valence electrons. The number of rotatable bonds is 5. The first-order valence-corrected chi connectivity index (χ1v) is 10.4. The molecule has 2 aromatic heterocycles. The molecule has 0 atom stereocenters. The summed E-state index contributed by atoms with van der Waals surface area (Å²) in [6, 6.07) is 11.4. The fourth-order valence-corrected chi connectivity index (χ4v) is 4.40. The topological polar surface area (TPSA) is 94.9 Å². The zero-order chi connectivity index (χ0) is 21.3. The Morgan fingerprint density at radius 1 is 1.07 bits per heavy atom. The van der Waals surface area contributed by atoms with E-state index in [9.17, 15) is 9.59 Å². The lowest BCUT2D eigenvalue weighted by molar-refractivity contribution is 0.0992. The largest absolute Gasteiger partial charge is 0.364 e. The number of benzene rings is 1. The average Bonchev–Trinajstić information content (AvgIpc) is 3.34. The second-order valence-corrected chi connectivity index (χ2v) is 7.96. The molecule has 7 nitrogen and oxygen atoms in total. The predicted octanol–water partition coefficient (Wildman–Crippen LogP) is 4.15. The number of hydrogen-bond donors (Lipinski definition) is 2. The molecule has 2 heterocycles. The highest BCUT2D eigenvalue weighted by molar-refractivity contribution is 6.05. The Balaban J connectivity index is 1.49. The Hall–Kier alpha value is -3.35. The summed E-state index contributed by atoms with van der Waals surface area (Å²) in [5, 5.41) is 7.13. The van der Waals surface area contributed by atoms with Gasteiger partial charge in [-0.25, -0.2) is 4.68 Å². The number of aromatic nitrogens is 3. The molecule has 3 N–H and O–H groups in total. The number of carbonyl (C=O) groups excluding carboxylic acids is 2. The molecule has 2 amide bonds. The third kappa shape index (κ3) is 3.87. The van der Waals surface area contributed by atoms with Crippen molar-refractivity contribution in [2.24, 2.45) is 5.73 Å². The van der Waals surface area contributed by atoms with E-state index in [2.05, 4.69) is 21.9 Å². The number of nitrogens with two attached hydrogens (primary N) is 1. The maximum atomic E-state index is 12.9. The lowest BCUT2D eigenvalue weighted by Crippen LogP contribution is -2.17. The average molecular weight is 406 g/mol. The van der Waals surface area contributed by atoms with Gasteiger partial charge < -0.3 is 15.6 Å². The van der Waals surface area contributed by atoms with Crippen molar-refractivity contribution in [3.63, 3.8) is 0 Å². The van der Waals surface area contributed by atoms with Crippen LogP contribution in [0.1, 0.15) is 70.4 Å². The number of nitrogens with zero attached hydrogens (tertiary/aromatic N) is 3. The minimum atomic E-state index is -0.566. The molecule has 30 heavy (non-hydrogen) atoms. The van der Waals surface area contributed by atoms with Gasteiger partial charge in [-0.15, -0.1) is 0 Å². The number of amides is 2. The third-order valence-corrected chi connectivity index (χ3v) is 5.90. The van der Waals surface area contributed by atoms with Crippen LogP contribution >= 0.6 is 0 Å². The highest BCUT2D eigenvalue weighted by Gasteiger charge is 2.22. The molecule has 1 aromatic carbocycles. The van der Waals surface area contributed by atoms with Gasteiger partial charge in [0, 0.05) is 29.3 Å².